The lowest BCUT2D eigenvalue weighted by atomic mass is 10.0. The van der Waals surface area contributed by atoms with E-state index in [1.54, 1.807) is 6.92 Å². The van der Waals surface area contributed by atoms with Crippen LogP contribution in [0.15, 0.2) is 0 Å². The molecular weight excluding hydrogens is 318 g/mol. The monoisotopic (exact) mass is 349 g/mol. The second kappa shape index (κ2) is 9.44. The van der Waals surface area contributed by atoms with Crippen molar-refractivity contribution in [3.63, 3.8) is 0 Å². The summed E-state index contributed by atoms with van der Waals surface area (Å²) < 4.78 is 33.7. The van der Waals surface area contributed by atoms with Crippen LogP contribution in [-0.4, -0.2) is 51.1 Å². The first kappa shape index (κ1) is 20.2. The number of carbonyl (C=O) groups is 1. The van der Waals surface area contributed by atoms with Crippen LogP contribution < -0.4 is 10.0 Å². The van der Waals surface area contributed by atoms with Crippen molar-refractivity contribution >= 4 is 16.3 Å². The Labute approximate surface area is 140 Å². The Kier molecular flexibility index (Phi) is 8.28. The lowest BCUT2D eigenvalue weighted by Gasteiger charge is -2.30. The molecule has 1 saturated heterocycles. The van der Waals surface area contributed by atoms with E-state index in [4.69, 9.17) is 4.74 Å². The maximum absolute atomic E-state index is 12.4. The van der Waals surface area contributed by atoms with Crippen LogP contribution in [0.5, 0.6) is 0 Å². The minimum Gasteiger partial charge on any atom is -0.450 e. The highest BCUT2D eigenvalue weighted by atomic mass is 32.2. The van der Waals surface area contributed by atoms with Crippen LogP contribution in [0, 0.1) is 11.8 Å². The van der Waals surface area contributed by atoms with E-state index in [9.17, 15) is 13.2 Å². The first-order chi connectivity index (χ1) is 10.7. The largest absolute Gasteiger partial charge is 0.450 e. The number of rotatable bonds is 8. The number of nitrogens with zero attached hydrogens (tertiary/aromatic N) is 1. The average molecular weight is 349 g/mol. The van der Waals surface area contributed by atoms with Gasteiger partial charge in [-0.3, -0.25) is 0 Å². The predicted octanol–water partition coefficient (Wildman–Crippen LogP) is 1.71. The Morgan fingerprint density at radius 3 is 2.43 bits per heavy atom. The molecule has 0 aromatic heterocycles. The van der Waals surface area contributed by atoms with Crippen molar-refractivity contribution in [3.05, 3.63) is 0 Å². The molecule has 0 radical (unpaired) electrons. The SMILES string of the molecule is CCOC(=O)N[C@@H](CNS(=O)(=O)N1CCC(C)CC1)CC(C)C. The Hall–Kier alpha value is -0.860. The number of hydrogen-bond donors (Lipinski definition) is 2. The summed E-state index contributed by atoms with van der Waals surface area (Å²) in [5, 5.41) is 2.73. The third-order valence-corrected chi connectivity index (χ3v) is 5.52. The molecule has 1 atom stereocenters. The van der Waals surface area contributed by atoms with Gasteiger partial charge in [0, 0.05) is 25.7 Å². The number of hydrogen-bond acceptors (Lipinski definition) is 4. The zero-order valence-corrected chi connectivity index (χ0v) is 15.5. The summed E-state index contributed by atoms with van der Waals surface area (Å²) in [4.78, 5) is 11.6. The summed E-state index contributed by atoms with van der Waals surface area (Å²) in [6.07, 6.45) is 1.94. The molecule has 1 aliphatic rings. The van der Waals surface area contributed by atoms with Crippen LogP contribution in [0.2, 0.25) is 0 Å². The summed E-state index contributed by atoms with van der Waals surface area (Å²) in [6.45, 7) is 9.49. The summed E-state index contributed by atoms with van der Waals surface area (Å²) >= 11 is 0. The van der Waals surface area contributed by atoms with Crippen molar-refractivity contribution < 1.29 is 17.9 Å². The van der Waals surface area contributed by atoms with Crippen LogP contribution in [-0.2, 0) is 14.9 Å². The van der Waals surface area contributed by atoms with Crippen LogP contribution >= 0.6 is 0 Å². The van der Waals surface area contributed by atoms with Crippen LogP contribution in [0.4, 0.5) is 4.79 Å². The van der Waals surface area contributed by atoms with E-state index in [-0.39, 0.29) is 19.2 Å². The van der Waals surface area contributed by atoms with E-state index in [1.165, 1.54) is 4.31 Å². The minimum atomic E-state index is -3.49. The molecule has 0 saturated carbocycles. The molecule has 8 heteroatoms. The van der Waals surface area contributed by atoms with Crippen molar-refractivity contribution in [1.82, 2.24) is 14.3 Å². The molecule has 2 N–H and O–H groups in total. The van der Waals surface area contributed by atoms with Gasteiger partial charge in [-0.25, -0.2) is 9.52 Å². The van der Waals surface area contributed by atoms with Crippen molar-refractivity contribution in [2.45, 2.75) is 53.0 Å². The van der Waals surface area contributed by atoms with Gasteiger partial charge < -0.3 is 10.1 Å². The smallest absolute Gasteiger partial charge is 0.407 e. The number of ether oxygens (including phenoxy) is 1. The third-order valence-electron chi connectivity index (χ3n) is 3.95. The van der Waals surface area contributed by atoms with Gasteiger partial charge in [-0.1, -0.05) is 20.8 Å². The zero-order valence-electron chi connectivity index (χ0n) is 14.7. The summed E-state index contributed by atoms with van der Waals surface area (Å²) in [7, 11) is -3.49. The molecule has 0 aromatic carbocycles. The van der Waals surface area contributed by atoms with E-state index in [2.05, 4.69) is 17.0 Å². The van der Waals surface area contributed by atoms with Gasteiger partial charge >= 0.3 is 6.09 Å². The molecule has 1 heterocycles. The highest BCUT2D eigenvalue weighted by Crippen LogP contribution is 2.18. The van der Waals surface area contributed by atoms with Crippen molar-refractivity contribution in [1.29, 1.82) is 0 Å². The first-order valence-corrected chi connectivity index (χ1v) is 9.86. The quantitative estimate of drug-likeness (QED) is 0.698. The van der Waals surface area contributed by atoms with Gasteiger partial charge in [-0.2, -0.15) is 12.7 Å². The van der Waals surface area contributed by atoms with Gasteiger partial charge in [0.15, 0.2) is 0 Å². The fourth-order valence-electron chi connectivity index (χ4n) is 2.62. The highest BCUT2D eigenvalue weighted by molar-refractivity contribution is 7.87. The van der Waals surface area contributed by atoms with Crippen molar-refractivity contribution in [2.75, 3.05) is 26.2 Å². The minimum absolute atomic E-state index is 0.172. The number of alkyl carbamates (subject to hydrolysis) is 1. The predicted molar refractivity (Wildman–Crippen MR) is 90.3 cm³/mol. The lowest BCUT2D eigenvalue weighted by Crippen LogP contribution is -2.50. The number of carbonyl (C=O) groups excluding carboxylic acids is 1. The van der Waals surface area contributed by atoms with Crippen molar-refractivity contribution in [3.8, 4) is 0 Å². The van der Waals surface area contributed by atoms with Crippen LogP contribution in [0.1, 0.15) is 47.0 Å². The second-order valence-electron chi connectivity index (χ2n) is 6.63. The van der Waals surface area contributed by atoms with Gasteiger partial charge in [0.25, 0.3) is 10.2 Å². The van der Waals surface area contributed by atoms with E-state index in [1.807, 2.05) is 13.8 Å². The van der Waals surface area contributed by atoms with E-state index in [0.29, 0.717) is 31.3 Å². The summed E-state index contributed by atoms with van der Waals surface area (Å²) in [5.74, 6) is 0.905. The normalized spacial score (nSPS) is 18.8. The first-order valence-electron chi connectivity index (χ1n) is 8.42. The van der Waals surface area contributed by atoms with Gasteiger partial charge in [0.1, 0.15) is 0 Å². The fraction of sp³-hybridized carbons (Fsp3) is 0.933. The second-order valence-corrected chi connectivity index (χ2v) is 8.38. The van der Waals surface area contributed by atoms with E-state index >= 15 is 0 Å². The molecule has 0 aromatic rings. The maximum Gasteiger partial charge on any atom is 0.407 e. The van der Waals surface area contributed by atoms with Crippen LogP contribution in [0.3, 0.4) is 0 Å². The molecule has 0 aliphatic carbocycles. The highest BCUT2D eigenvalue weighted by Gasteiger charge is 2.27. The van der Waals surface area contributed by atoms with Gasteiger partial charge in [-0.05, 0) is 38.0 Å². The summed E-state index contributed by atoms with van der Waals surface area (Å²) in [6, 6.07) is -0.285. The summed E-state index contributed by atoms with van der Waals surface area (Å²) in [5.41, 5.74) is 0. The molecule has 0 bridgehead atoms. The molecule has 0 spiro atoms. The molecule has 1 rings (SSSR count). The molecule has 0 unspecified atom stereocenters. The Morgan fingerprint density at radius 2 is 1.91 bits per heavy atom. The molecule has 7 nitrogen and oxygen atoms in total. The number of piperidine rings is 1. The number of amides is 1. The Morgan fingerprint density at radius 1 is 1.30 bits per heavy atom. The third kappa shape index (κ3) is 7.50. The average Bonchev–Trinajstić information content (AvgIpc) is 2.45. The van der Waals surface area contributed by atoms with Gasteiger partial charge in [0.05, 0.1) is 6.61 Å². The zero-order chi connectivity index (χ0) is 17.5. The Bertz CT molecular complexity index is 459. The van der Waals surface area contributed by atoms with Gasteiger partial charge in [0.2, 0.25) is 0 Å². The lowest BCUT2D eigenvalue weighted by molar-refractivity contribution is 0.146. The molecule has 1 amide bonds. The maximum atomic E-state index is 12.4. The molecule has 136 valence electrons. The van der Waals surface area contributed by atoms with Crippen molar-refractivity contribution in [2.24, 2.45) is 11.8 Å². The molecule has 1 fully saturated rings. The van der Waals surface area contributed by atoms with E-state index < -0.39 is 16.3 Å². The van der Waals surface area contributed by atoms with E-state index in [0.717, 1.165) is 12.8 Å². The van der Waals surface area contributed by atoms with Gasteiger partial charge in [-0.15, -0.1) is 0 Å². The molecular formula is C15H31N3O4S. The fourth-order valence-corrected chi connectivity index (χ4v) is 3.91. The topological polar surface area (TPSA) is 87.7 Å². The number of nitrogens with one attached hydrogen (secondary N) is 2. The standard InChI is InChI=1S/C15H31N3O4S/c1-5-22-15(19)17-14(10-12(2)3)11-16-23(20,21)18-8-6-13(4)7-9-18/h12-14,16H,5-11H2,1-4H3,(H,17,19)/t14-/m1/s1. The molecule has 1 aliphatic heterocycles. The molecule has 23 heavy (non-hydrogen) atoms. The Balaban J connectivity index is 2.56. The van der Waals surface area contributed by atoms with Crippen LogP contribution in [0.25, 0.3) is 0 Å².